The quantitative estimate of drug-likeness (QED) is 0.525. The molecule has 0 radical (unpaired) electrons. The van der Waals surface area contributed by atoms with E-state index in [1.165, 1.54) is 0 Å². The predicted molar refractivity (Wildman–Crippen MR) is 36.6 cm³/mol. The second-order valence-corrected chi connectivity index (χ2v) is 2.77. The fourth-order valence-corrected chi connectivity index (χ4v) is 0.795. The van der Waals surface area contributed by atoms with Crippen LogP contribution in [0.5, 0.6) is 0 Å². The van der Waals surface area contributed by atoms with E-state index < -0.39 is 10.0 Å². The standard InChI is InChI=1S/C5H12O3Si/c1-3-4-5(6)8-9-7-2/h3-4,9H2,1-2H3. The Bertz CT molecular complexity index is 84.3. The molecule has 0 aliphatic heterocycles. The zero-order chi connectivity index (χ0) is 7.11. The summed E-state index contributed by atoms with van der Waals surface area (Å²) in [5.41, 5.74) is 0. The predicted octanol–water partition coefficient (Wildman–Crippen LogP) is -0.0251. The van der Waals surface area contributed by atoms with E-state index in [9.17, 15) is 4.79 Å². The molecule has 0 aliphatic carbocycles. The lowest BCUT2D eigenvalue weighted by Crippen LogP contribution is -2.09. The number of hydrogen-bond acceptors (Lipinski definition) is 3. The maximum atomic E-state index is 10.5. The van der Waals surface area contributed by atoms with Crippen molar-refractivity contribution in [2.45, 2.75) is 19.8 Å². The van der Waals surface area contributed by atoms with Crippen molar-refractivity contribution in [3.8, 4) is 0 Å². The molecule has 0 atom stereocenters. The first-order valence-electron chi connectivity index (χ1n) is 2.95. The molecule has 0 aliphatic rings. The molecule has 0 aromatic carbocycles. The monoisotopic (exact) mass is 148 g/mol. The Balaban J connectivity index is 3.06. The van der Waals surface area contributed by atoms with Gasteiger partial charge in [-0.15, -0.1) is 0 Å². The van der Waals surface area contributed by atoms with Gasteiger partial charge in [-0.1, -0.05) is 6.92 Å². The fraction of sp³-hybridized carbons (Fsp3) is 0.800. The summed E-state index contributed by atoms with van der Waals surface area (Å²) in [6.07, 6.45) is 1.35. The Kier molecular flexibility index (Phi) is 5.55. The molecule has 0 aromatic heterocycles. The van der Waals surface area contributed by atoms with Crippen LogP contribution in [0, 0.1) is 0 Å². The van der Waals surface area contributed by atoms with E-state index in [0.29, 0.717) is 6.42 Å². The summed E-state index contributed by atoms with van der Waals surface area (Å²) in [5.74, 6) is -0.133. The van der Waals surface area contributed by atoms with Crippen LogP contribution >= 0.6 is 0 Å². The minimum atomic E-state index is -0.996. The summed E-state index contributed by atoms with van der Waals surface area (Å²) in [6.45, 7) is 1.94. The number of carbonyl (C=O) groups excluding carboxylic acids is 1. The molecular formula is C5H12O3Si. The highest BCUT2D eigenvalue weighted by Crippen LogP contribution is 1.88. The first-order chi connectivity index (χ1) is 4.31. The molecule has 4 heteroatoms. The van der Waals surface area contributed by atoms with Gasteiger partial charge in [0.15, 0.2) is 0 Å². The minimum absolute atomic E-state index is 0.133. The van der Waals surface area contributed by atoms with E-state index in [4.69, 9.17) is 4.43 Å². The van der Waals surface area contributed by atoms with Crippen molar-refractivity contribution >= 4 is 16.0 Å². The summed E-state index contributed by atoms with van der Waals surface area (Å²) in [5, 5.41) is 0. The highest BCUT2D eigenvalue weighted by molar-refractivity contribution is 6.22. The van der Waals surface area contributed by atoms with Crippen molar-refractivity contribution in [1.29, 1.82) is 0 Å². The van der Waals surface area contributed by atoms with Gasteiger partial charge in [0.25, 0.3) is 5.97 Å². The fourth-order valence-electron chi connectivity index (χ4n) is 0.401. The zero-order valence-electron chi connectivity index (χ0n) is 5.85. The van der Waals surface area contributed by atoms with Gasteiger partial charge in [-0.2, -0.15) is 0 Å². The molecule has 9 heavy (non-hydrogen) atoms. The third-order valence-corrected chi connectivity index (χ3v) is 1.47. The summed E-state index contributed by atoms with van der Waals surface area (Å²) in [7, 11) is 0.551. The lowest BCUT2D eigenvalue weighted by molar-refractivity contribution is -0.135. The normalized spacial score (nSPS) is 10.4. The van der Waals surface area contributed by atoms with E-state index in [-0.39, 0.29) is 5.97 Å². The molecular weight excluding hydrogens is 136 g/mol. The lowest BCUT2D eigenvalue weighted by Gasteiger charge is -1.99. The third kappa shape index (κ3) is 5.52. The van der Waals surface area contributed by atoms with Crippen LogP contribution in [-0.4, -0.2) is 23.1 Å². The summed E-state index contributed by atoms with van der Waals surface area (Å²) in [6, 6.07) is 0. The van der Waals surface area contributed by atoms with E-state index in [1.54, 1.807) is 7.11 Å². The molecule has 0 spiro atoms. The largest absolute Gasteiger partial charge is 0.499 e. The second kappa shape index (κ2) is 5.78. The van der Waals surface area contributed by atoms with Gasteiger partial charge >= 0.3 is 10.0 Å². The van der Waals surface area contributed by atoms with Gasteiger partial charge in [-0.05, 0) is 6.42 Å². The molecule has 0 bridgehead atoms. The highest BCUT2D eigenvalue weighted by atomic mass is 28.3. The van der Waals surface area contributed by atoms with Gasteiger partial charge in [0, 0.05) is 13.5 Å². The van der Waals surface area contributed by atoms with E-state index in [1.807, 2.05) is 6.92 Å². The van der Waals surface area contributed by atoms with E-state index >= 15 is 0 Å². The Morgan fingerprint density at radius 3 is 2.78 bits per heavy atom. The first-order valence-corrected chi connectivity index (χ1v) is 4.11. The van der Waals surface area contributed by atoms with Crippen molar-refractivity contribution < 1.29 is 13.6 Å². The average molecular weight is 148 g/mol. The van der Waals surface area contributed by atoms with Crippen LogP contribution in [0.25, 0.3) is 0 Å². The van der Waals surface area contributed by atoms with Crippen molar-refractivity contribution in [3.05, 3.63) is 0 Å². The molecule has 0 rings (SSSR count). The first kappa shape index (κ1) is 8.65. The van der Waals surface area contributed by atoms with Crippen molar-refractivity contribution in [3.63, 3.8) is 0 Å². The van der Waals surface area contributed by atoms with Crippen LogP contribution in [0.15, 0.2) is 0 Å². The van der Waals surface area contributed by atoms with Gasteiger partial charge in [0.2, 0.25) is 0 Å². The van der Waals surface area contributed by atoms with Crippen molar-refractivity contribution in [2.24, 2.45) is 0 Å². The Hall–Kier alpha value is -0.353. The average Bonchev–Trinajstić information content (AvgIpc) is 1.85. The maximum absolute atomic E-state index is 10.5. The zero-order valence-corrected chi connectivity index (χ0v) is 7.26. The van der Waals surface area contributed by atoms with Gasteiger partial charge in [0.05, 0.1) is 0 Å². The van der Waals surface area contributed by atoms with Crippen LogP contribution in [0.2, 0.25) is 0 Å². The van der Waals surface area contributed by atoms with Gasteiger partial charge in [-0.25, -0.2) is 0 Å². The summed E-state index contributed by atoms with van der Waals surface area (Å²) >= 11 is 0. The Labute approximate surface area is 57.4 Å². The summed E-state index contributed by atoms with van der Waals surface area (Å²) in [4.78, 5) is 10.5. The maximum Gasteiger partial charge on any atom is 0.368 e. The molecule has 0 saturated carbocycles. The van der Waals surface area contributed by atoms with Crippen LogP contribution < -0.4 is 0 Å². The molecule has 0 N–H and O–H groups in total. The topological polar surface area (TPSA) is 35.5 Å². The molecule has 54 valence electrons. The highest BCUT2D eigenvalue weighted by Gasteiger charge is 1.97. The molecule has 0 saturated heterocycles. The molecule has 0 unspecified atom stereocenters. The molecule has 0 amide bonds. The summed E-state index contributed by atoms with van der Waals surface area (Å²) < 4.78 is 9.36. The van der Waals surface area contributed by atoms with Gasteiger partial charge < -0.3 is 8.85 Å². The Morgan fingerprint density at radius 2 is 2.33 bits per heavy atom. The molecule has 0 aromatic rings. The molecule has 3 nitrogen and oxygen atoms in total. The lowest BCUT2D eigenvalue weighted by atomic mass is 10.4. The van der Waals surface area contributed by atoms with Crippen LogP contribution in [-0.2, 0) is 13.6 Å². The van der Waals surface area contributed by atoms with Crippen molar-refractivity contribution in [2.75, 3.05) is 7.11 Å². The molecule has 0 heterocycles. The number of rotatable bonds is 4. The van der Waals surface area contributed by atoms with Crippen LogP contribution in [0.1, 0.15) is 19.8 Å². The van der Waals surface area contributed by atoms with Gasteiger partial charge in [-0.3, -0.25) is 4.79 Å². The number of hydrogen-bond donors (Lipinski definition) is 0. The van der Waals surface area contributed by atoms with Gasteiger partial charge in [0.1, 0.15) is 0 Å². The number of carbonyl (C=O) groups is 1. The van der Waals surface area contributed by atoms with Crippen molar-refractivity contribution in [1.82, 2.24) is 0 Å². The SMILES string of the molecule is CCCC(=O)O[SiH2]OC. The van der Waals surface area contributed by atoms with E-state index in [0.717, 1.165) is 6.42 Å². The van der Waals surface area contributed by atoms with Crippen LogP contribution in [0.4, 0.5) is 0 Å². The second-order valence-electron chi connectivity index (χ2n) is 1.67. The molecule has 0 fully saturated rings. The smallest absolute Gasteiger partial charge is 0.368 e. The van der Waals surface area contributed by atoms with Crippen LogP contribution in [0.3, 0.4) is 0 Å². The van der Waals surface area contributed by atoms with E-state index in [2.05, 4.69) is 4.43 Å². The Morgan fingerprint density at radius 1 is 1.67 bits per heavy atom. The third-order valence-electron chi connectivity index (χ3n) is 0.792. The minimum Gasteiger partial charge on any atom is -0.499 e.